The fraction of sp³-hybridized carbons (Fsp3) is 0.267. The first-order valence-corrected chi connectivity index (χ1v) is 6.35. The van der Waals surface area contributed by atoms with Crippen molar-refractivity contribution in [3.05, 3.63) is 58.3 Å². The van der Waals surface area contributed by atoms with Crippen LogP contribution in [0.3, 0.4) is 0 Å². The van der Waals surface area contributed by atoms with Gasteiger partial charge in [0.15, 0.2) is 0 Å². The first kappa shape index (κ1) is 14.0. The van der Waals surface area contributed by atoms with Crippen LogP contribution in [0, 0.1) is 10.1 Å². The Labute approximate surface area is 117 Å². The zero-order chi connectivity index (χ0) is 14.8. The monoisotopic (exact) mass is 271 g/mol. The Kier molecular flexibility index (Phi) is 3.70. The molecule has 1 aromatic carbocycles. The Morgan fingerprint density at radius 1 is 1.15 bits per heavy atom. The van der Waals surface area contributed by atoms with Crippen LogP contribution in [0.2, 0.25) is 0 Å². The second kappa shape index (κ2) is 5.28. The normalized spacial score (nSPS) is 11.2. The molecule has 1 heterocycles. The SMILES string of the molecule is CC(C)(C)c1ccc(Nc2ncccc2[N+](=O)[O-])cc1. The maximum absolute atomic E-state index is 10.9. The number of pyridine rings is 1. The van der Waals surface area contributed by atoms with Crippen molar-refractivity contribution in [2.45, 2.75) is 26.2 Å². The average molecular weight is 271 g/mol. The highest BCUT2D eigenvalue weighted by Gasteiger charge is 2.15. The van der Waals surface area contributed by atoms with Gasteiger partial charge < -0.3 is 5.32 Å². The summed E-state index contributed by atoms with van der Waals surface area (Å²) in [5.41, 5.74) is 2.03. The van der Waals surface area contributed by atoms with Gasteiger partial charge in [0.25, 0.3) is 0 Å². The topological polar surface area (TPSA) is 68.1 Å². The van der Waals surface area contributed by atoms with Crippen LogP contribution in [-0.2, 0) is 5.41 Å². The van der Waals surface area contributed by atoms with Gasteiger partial charge in [0.1, 0.15) is 0 Å². The van der Waals surface area contributed by atoms with Crippen molar-refractivity contribution in [1.82, 2.24) is 4.98 Å². The first-order valence-electron chi connectivity index (χ1n) is 6.35. The largest absolute Gasteiger partial charge is 0.334 e. The summed E-state index contributed by atoms with van der Waals surface area (Å²) in [6.45, 7) is 6.41. The summed E-state index contributed by atoms with van der Waals surface area (Å²) in [6.07, 6.45) is 1.53. The Morgan fingerprint density at radius 2 is 1.80 bits per heavy atom. The van der Waals surface area contributed by atoms with E-state index in [2.05, 4.69) is 31.1 Å². The van der Waals surface area contributed by atoms with E-state index in [0.717, 1.165) is 5.69 Å². The van der Waals surface area contributed by atoms with Crippen LogP contribution in [0.15, 0.2) is 42.6 Å². The van der Waals surface area contributed by atoms with E-state index < -0.39 is 4.92 Å². The molecule has 1 N–H and O–H groups in total. The van der Waals surface area contributed by atoms with Crippen LogP contribution in [0.4, 0.5) is 17.2 Å². The van der Waals surface area contributed by atoms with Crippen LogP contribution >= 0.6 is 0 Å². The maximum Gasteiger partial charge on any atom is 0.311 e. The number of hydrogen-bond donors (Lipinski definition) is 1. The highest BCUT2D eigenvalue weighted by atomic mass is 16.6. The summed E-state index contributed by atoms with van der Waals surface area (Å²) in [7, 11) is 0. The van der Waals surface area contributed by atoms with E-state index in [1.54, 1.807) is 6.07 Å². The Balaban J connectivity index is 2.25. The van der Waals surface area contributed by atoms with Crippen LogP contribution < -0.4 is 5.32 Å². The van der Waals surface area contributed by atoms with Crippen molar-refractivity contribution in [2.75, 3.05) is 5.32 Å². The minimum Gasteiger partial charge on any atom is -0.334 e. The Bertz CT molecular complexity index is 616. The number of nitrogens with one attached hydrogen (secondary N) is 1. The number of nitro groups is 1. The van der Waals surface area contributed by atoms with Gasteiger partial charge in [-0.25, -0.2) is 4.98 Å². The van der Waals surface area contributed by atoms with Crippen LogP contribution in [0.5, 0.6) is 0 Å². The molecule has 0 spiro atoms. The van der Waals surface area contributed by atoms with Crippen molar-refractivity contribution >= 4 is 17.2 Å². The minimum absolute atomic E-state index is 0.0348. The van der Waals surface area contributed by atoms with E-state index in [9.17, 15) is 10.1 Å². The molecule has 0 aliphatic rings. The Hall–Kier alpha value is -2.43. The Morgan fingerprint density at radius 3 is 2.35 bits per heavy atom. The van der Waals surface area contributed by atoms with Crippen molar-refractivity contribution in [1.29, 1.82) is 0 Å². The zero-order valence-electron chi connectivity index (χ0n) is 11.8. The van der Waals surface area contributed by atoms with Gasteiger partial charge in [0, 0.05) is 18.0 Å². The second-order valence-corrected chi connectivity index (χ2v) is 5.58. The van der Waals surface area contributed by atoms with Gasteiger partial charge in [0.05, 0.1) is 4.92 Å². The molecular weight excluding hydrogens is 254 g/mol. The predicted octanol–water partition coefficient (Wildman–Crippen LogP) is 4.03. The third-order valence-corrected chi connectivity index (χ3v) is 3.00. The van der Waals surface area contributed by atoms with Gasteiger partial charge in [-0.2, -0.15) is 0 Å². The quantitative estimate of drug-likeness (QED) is 0.676. The molecule has 5 heteroatoms. The summed E-state index contributed by atoms with van der Waals surface area (Å²) in [5.74, 6) is 0.251. The second-order valence-electron chi connectivity index (χ2n) is 5.58. The van der Waals surface area contributed by atoms with Gasteiger partial charge in [-0.3, -0.25) is 10.1 Å². The molecule has 0 aliphatic carbocycles. The van der Waals surface area contributed by atoms with Crippen molar-refractivity contribution in [2.24, 2.45) is 0 Å². The van der Waals surface area contributed by atoms with E-state index in [1.165, 1.54) is 17.8 Å². The number of benzene rings is 1. The van der Waals surface area contributed by atoms with Crippen molar-refractivity contribution in [3.63, 3.8) is 0 Å². The molecule has 0 saturated carbocycles. The van der Waals surface area contributed by atoms with Gasteiger partial charge in [-0.15, -0.1) is 0 Å². The molecule has 104 valence electrons. The van der Waals surface area contributed by atoms with E-state index in [-0.39, 0.29) is 16.9 Å². The molecule has 0 atom stereocenters. The summed E-state index contributed by atoms with van der Waals surface area (Å²) >= 11 is 0. The smallest absolute Gasteiger partial charge is 0.311 e. The molecule has 5 nitrogen and oxygen atoms in total. The number of nitrogens with zero attached hydrogens (tertiary/aromatic N) is 2. The average Bonchev–Trinajstić information content (AvgIpc) is 2.38. The van der Waals surface area contributed by atoms with Gasteiger partial charge in [-0.05, 0) is 29.2 Å². The molecule has 0 amide bonds. The summed E-state index contributed by atoms with van der Waals surface area (Å²) in [4.78, 5) is 14.5. The number of rotatable bonds is 3. The number of anilines is 2. The van der Waals surface area contributed by atoms with Crippen LogP contribution in [-0.4, -0.2) is 9.91 Å². The summed E-state index contributed by atoms with van der Waals surface area (Å²) in [6, 6.07) is 10.8. The summed E-state index contributed by atoms with van der Waals surface area (Å²) in [5, 5.41) is 13.9. The van der Waals surface area contributed by atoms with E-state index >= 15 is 0 Å². The molecule has 0 unspecified atom stereocenters. The molecule has 1 aromatic heterocycles. The lowest BCUT2D eigenvalue weighted by molar-refractivity contribution is -0.384. The van der Waals surface area contributed by atoms with Gasteiger partial charge >= 0.3 is 5.69 Å². The fourth-order valence-electron chi connectivity index (χ4n) is 1.83. The third kappa shape index (κ3) is 3.12. The van der Waals surface area contributed by atoms with Crippen LogP contribution in [0.25, 0.3) is 0 Å². The molecule has 20 heavy (non-hydrogen) atoms. The highest BCUT2D eigenvalue weighted by Crippen LogP contribution is 2.27. The molecule has 0 saturated heterocycles. The molecule has 0 aliphatic heterocycles. The molecular formula is C15H17N3O2. The molecule has 2 aromatic rings. The third-order valence-electron chi connectivity index (χ3n) is 3.00. The number of hydrogen-bond acceptors (Lipinski definition) is 4. The fourth-order valence-corrected chi connectivity index (χ4v) is 1.83. The maximum atomic E-state index is 10.9. The standard InChI is InChI=1S/C15H17N3O2/c1-15(2,3)11-6-8-12(9-7-11)17-14-13(18(19)20)5-4-10-16-14/h4-10H,1-3H3,(H,16,17). The van der Waals surface area contributed by atoms with E-state index in [0.29, 0.717) is 0 Å². The molecule has 0 bridgehead atoms. The van der Waals surface area contributed by atoms with Gasteiger partial charge in [-0.1, -0.05) is 32.9 Å². The first-order chi connectivity index (χ1) is 9.38. The van der Waals surface area contributed by atoms with Crippen LogP contribution in [0.1, 0.15) is 26.3 Å². The van der Waals surface area contributed by atoms with Crippen molar-refractivity contribution in [3.8, 4) is 0 Å². The van der Waals surface area contributed by atoms with E-state index in [1.807, 2.05) is 24.3 Å². The molecule has 0 fully saturated rings. The predicted molar refractivity (Wildman–Crippen MR) is 79.3 cm³/mol. The number of aromatic nitrogens is 1. The molecule has 2 rings (SSSR count). The lowest BCUT2D eigenvalue weighted by atomic mass is 9.87. The minimum atomic E-state index is -0.446. The van der Waals surface area contributed by atoms with Crippen molar-refractivity contribution < 1.29 is 4.92 Å². The van der Waals surface area contributed by atoms with E-state index in [4.69, 9.17) is 0 Å². The summed E-state index contributed by atoms with van der Waals surface area (Å²) < 4.78 is 0. The highest BCUT2D eigenvalue weighted by molar-refractivity contribution is 5.65. The zero-order valence-corrected chi connectivity index (χ0v) is 11.8. The van der Waals surface area contributed by atoms with Gasteiger partial charge in [0.2, 0.25) is 5.82 Å². The molecule has 0 radical (unpaired) electrons. The lowest BCUT2D eigenvalue weighted by Crippen LogP contribution is -2.10. The lowest BCUT2D eigenvalue weighted by Gasteiger charge is -2.19.